The first kappa shape index (κ1) is 15.1. The van der Waals surface area contributed by atoms with Gasteiger partial charge in [0, 0.05) is 11.8 Å². The molecule has 0 saturated heterocycles. The Hall–Kier alpha value is -2.28. The van der Waals surface area contributed by atoms with E-state index >= 15 is 0 Å². The first-order valence-electron chi connectivity index (χ1n) is 5.90. The molecule has 2 aromatic carbocycles. The van der Waals surface area contributed by atoms with Gasteiger partial charge in [-0.15, -0.1) is 0 Å². The van der Waals surface area contributed by atoms with Crippen molar-refractivity contribution in [3.8, 4) is 0 Å². The van der Waals surface area contributed by atoms with E-state index in [0.29, 0.717) is 11.3 Å². The van der Waals surface area contributed by atoms with Gasteiger partial charge in [-0.05, 0) is 46.6 Å². The molecule has 0 radical (unpaired) electrons. The Bertz CT molecular complexity index is 734. The second-order valence-electron chi connectivity index (χ2n) is 4.31. The number of carbonyl (C=O) groups excluding carboxylic acids is 1. The maximum Gasteiger partial charge on any atom is 0.284 e. The van der Waals surface area contributed by atoms with E-state index in [2.05, 4.69) is 21.2 Å². The topological polar surface area (TPSA) is 72.2 Å². The number of nitro benzene ring substituents is 1. The van der Waals surface area contributed by atoms with E-state index < -0.39 is 16.6 Å². The van der Waals surface area contributed by atoms with Crippen LogP contribution in [0.4, 0.5) is 15.8 Å². The fourth-order valence-electron chi connectivity index (χ4n) is 1.75. The Morgan fingerprint density at radius 1 is 1.33 bits per heavy atom. The zero-order valence-corrected chi connectivity index (χ0v) is 12.5. The number of anilines is 1. The molecule has 0 aliphatic carbocycles. The fourth-order valence-corrected chi connectivity index (χ4v) is 2.34. The highest BCUT2D eigenvalue weighted by molar-refractivity contribution is 9.10. The maximum atomic E-state index is 13.2. The van der Waals surface area contributed by atoms with E-state index in [-0.39, 0.29) is 15.7 Å². The minimum atomic E-state index is -0.589. The molecule has 2 aromatic rings. The summed E-state index contributed by atoms with van der Waals surface area (Å²) in [6.45, 7) is 1.72. The van der Waals surface area contributed by atoms with Crippen molar-refractivity contribution in [3.63, 3.8) is 0 Å². The molecule has 0 bridgehead atoms. The number of carbonyl (C=O) groups is 1. The number of halogens is 2. The molecule has 0 aliphatic rings. The predicted molar refractivity (Wildman–Crippen MR) is 79.9 cm³/mol. The zero-order chi connectivity index (χ0) is 15.6. The lowest BCUT2D eigenvalue weighted by atomic mass is 10.1. The molecule has 0 heterocycles. The van der Waals surface area contributed by atoms with E-state index in [0.717, 1.165) is 0 Å². The lowest BCUT2D eigenvalue weighted by Crippen LogP contribution is -2.14. The van der Waals surface area contributed by atoms with Crippen LogP contribution in [-0.4, -0.2) is 10.8 Å². The zero-order valence-electron chi connectivity index (χ0n) is 10.9. The van der Waals surface area contributed by atoms with Gasteiger partial charge >= 0.3 is 0 Å². The lowest BCUT2D eigenvalue weighted by molar-refractivity contribution is -0.385. The molecule has 0 atom stereocenters. The van der Waals surface area contributed by atoms with Gasteiger partial charge in [0.05, 0.1) is 10.5 Å². The number of aryl methyl sites for hydroxylation is 1. The first-order valence-corrected chi connectivity index (χ1v) is 6.70. The summed E-state index contributed by atoms with van der Waals surface area (Å²) < 4.78 is 13.3. The SMILES string of the molecule is Cc1ccc(F)cc1NC(=O)c1cccc([N+](=O)[O-])c1Br. The molecular weight excluding hydrogens is 343 g/mol. The maximum absolute atomic E-state index is 13.2. The van der Waals surface area contributed by atoms with Crippen LogP contribution in [0, 0.1) is 22.9 Å². The van der Waals surface area contributed by atoms with Crippen LogP contribution in [0.2, 0.25) is 0 Å². The molecule has 0 spiro atoms. The van der Waals surface area contributed by atoms with E-state index in [1.807, 2.05) is 0 Å². The van der Waals surface area contributed by atoms with Crippen molar-refractivity contribution in [2.45, 2.75) is 6.92 Å². The van der Waals surface area contributed by atoms with Crippen LogP contribution in [0.5, 0.6) is 0 Å². The second kappa shape index (κ2) is 6.01. The summed E-state index contributed by atoms with van der Waals surface area (Å²) >= 11 is 3.05. The number of rotatable bonds is 3. The van der Waals surface area contributed by atoms with Crippen molar-refractivity contribution in [2.24, 2.45) is 0 Å². The Kier molecular flexibility index (Phi) is 4.32. The molecule has 0 unspecified atom stereocenters. The van der Waals surface area contributed by atoms with Crippen molar-refractivity contribution in [1.82, 2.24) is 0 Å². The monoisotopic (exact) mass is 352 g/mol. The number of hydrogen-bond donors (Lipinski definition) is 1. The third kappa shape index (κ3) is 3.25. The smallest absolute Gasteiger partial charge is 0.284 e. The van der Waals surface area contributed by atoms with Crippen molar-refractivity contribution in [3.05, 3.63) is 67.9 Å². The highest BCUT2D eigenvalue weighted by Gasteiger charge is 2.19. The second-order valence-corrected chi connectivity index (χ2v) is 5.10. The first-order chi connectivity index (χ1) is 9.90. The van der Waals surface area contributed by atoms with Gasteiger partial charge in [-0.3, -0.25) is 14.9 Å². The van der Waals surface area contributed by atoms with Crippen LogP contribution in [-0.2, 0) is 0 Å². The average molecular weight is 353 g/mol. The Balaban J connectivity index is 2.35. The van der Waals surface area contributed by atoms with E-state index in [1.165, 1.54) is 36.4 Å². The molecule has 108 valence electrons. The number of hydrogen-bond acceptors (Lipinski definition) is 3. The van der Waals surface area contributed by atoms with Crippen LogP contribution in [0.3, 0.4) is 0 Å². The van der Waals surface area contributed by atoms with Gasteiger partial charge in [0.15, 0.2) is 0 Å². The third-order valence-corrected chi connectivity index (χ3v) is 3.70. The predicted octanol–water partition coefficient (Wildman–Crippen LogP) is 4.06. The van der Waals surface area contributed by atoms with Crippen LogP contribution >= 0.6 is 15.9 Å². The number of nitrogens with one attached hydrogen (secondary N) is 1. The fraction of sp³-hybridized carbons (Fsp3) is 0.0714. The van der Waals surface area contributed by atoms with E-state index in [1.54, 1.807) is 6.92 Å². The number of nitro groups is 1. The standard InChI is InChI=1S/C14H10BrFN2O3/c1-8-5-6-9(16)7-11(8)17-14(19)10-3-2-4-12(13(10)15)18(20)21/h2-7H,1H3,(H,17,19). The van der Waals surface area contributed by atoms with E-state index in [4.69, 9.17) is 0 Å². The third-order valence-electron chi connectivity index (χ3n) is 2.87. The summed E-state index contributed by atoms with van der Waals surface area (Å²) in [6.07, 6.45) is 0. The average Bonchev–Trinajstić information content (AvgIpc) is 2.42. The summed E-state index contributed by atoms with van der Waals surface area (Å²) in [5.41, 5.74) is 0.899. The summed E-state index contributed by atoms with van der Waals surface area (Å²) in [6, 6.07) is 8.16. The van der Waals surface area contributed by atoms with Crippen molar-refractivity contribution >= 4 is 33.2 Å². The normalized spacial score (nSPS) is 10.2. The molecule has 0 aliphatic heterocycles. The largest absolute Gasteiger partial charge is 0.322 e. The van der Waals surface area contributed by atoms with Crippen LogP contribution in [0.1, 0.15) is 15.9 Å². The lowest BCUT2D eigenvalue weighted by Gasteiger charge is -2.09. The summed E-state index contributed by atoms with van der Waals surface area (Å²) in [7, 11) is 0. The van der Waals surface area contributed by atoms with Crippen LogP contribution in [0.15, 0.2) is 40.9 Å². The molecule has 1 N–H and O–H groups in total. The van der Waals surface area contributed by atoms with Crippen LogP contribution < -0.4 is 5.32 Å². The summed E-state index contributed by atoms with van der Waals surface area (Å²) in [4.78, 5) is 22.4. The van der Waals surface area contributed by atoms with Gasteiger partial charge in [0.25, 0.3) is 11.6 Å². The quantitative estimate of drug-likeness (QED) is 0.668. The van der Waals surface area contributed by atoms with Gasteiger partial charge in [0.1, 0.15) is 10.3 Å². The Morgan fingerprint density at radius 3 is 2.71 bits per heavy atom. The molecule has 21 heavy (non-hydrogen) atoms. The molecular formula is C14H10BrFN2O3. The molecule has 0 aromatic heterocycles. The highest BCUT2D eigenvalue weighted by atomic mass is 79.9. The van der Waals surface area contributed by atoms with E-state index in [9.17, 15) is 19.3 Å². The van der Waals surface area contributed by atoms with Crippen LogP contribution in [0.25, 0.3) is 0 Å². The van der Waals surface area contributed by atoms with Gasteiger partial charge in [0.2, 0.25) is 0 Å². The van der Waals surface area contributed by atoms with Crippen molar-refractivity contribution in [2.75, 3.05) is 5.32 Å². The molecule has 1 amide bonds. The number of nitrogens with zero attached hydrogens (tertiary/aromatic N) is 1. The molecule has 2 rings (SSSR count). The minimum absolute atomic E-state index is 0.0848. The van der Waals surface area contributed by atoms with Gasteiger partial charge in [-0.1, -0.05) is 12.1 Å². The number of amides is 1. The van der Waals surface area contributed by atoms with Gasteiger partial charge in [-0.2, -0.15) is 0 Å². The number of benzene rings is 2. The Labute approximate surface area is 128 Å². The molecule has 0 saturated carbocycles. The van der Waals surface area contributed by atoms with Crippen molar-refractivity contribution < 1.29 is 14.1 Å². The highest BCUT2D eigenvalue weighted by Crippen LogP contribution is 2.29. The van der Waals surface area contributed by atoms with Gasteiger partial charge < -0.3 is 5.32 Å². The van der Waals surface area contributed by atoms with Crippen molar-refractivity contribution in [1.29, 1.82) is 0 Å². The molecule has 0 fully saturated rings. The molecule has 7 heteroatoms. The van der Waals surface area contributed by atoms with Gasteiger partial charge in [-0.25, -0.2) is 4.39 Å². The Morgan fingerprint density at radius 2 is 2.05 bits per heavy atom. The molecule has 5 nitrogen and oxygen atoms in total. The summed E-state index contributed by atoms with van der Waals surface area (Å²) in [5, 5.41) is 13.4. The summed E-state index contributed by atoms with van der Waals surface area (Å²) in [5.74, 6) is -1.03. The minimum Gasteiger partial charge on any atom is -0.322 e.